The number of aryl methyl sites for hydroxylation is 2. The molecule has 0 aromatic heterocycles. The molecule has 170 valence electrons. The lowest BCUT2D eigenvalue weighted by Crippen LogP contribution is -2.11. The van der Waals surface area contributed by atoms with E-state index < -0.39 is 12.6 Å². The molecule has 0 radical (unpaired) electrons. The van der Waals surface area contributed by atoms with Gasteiger partial charge < -0.3 is 9.84 Å². The van der Waals surface area contributed by atoms with Crippen LogP contribution < -0.4 is 0 Å². The maximum atomic E-state index is 14.9. The van der Waals surface area contributed by atoms with Gasteiger partial charge in [-0.25, -0.2) is 9.18 Å². The van der Waals surface area contributed by atoms with Gasteiger partial charge in [0.1, 0.15) is 5.82 Å². The highest BCUT2D eigenvalue weighted by molar-refractivity contribution is 5.87. The van der Waals surface area contributed by atoms with Gasteiger partial charge in [-0.15, -0.1) is 6.58 Å². The van der Waals surface area contributed by atoms with Crippen molar-refractivity contribution in [2.45, 2.75) is 25.7 Å². The number of benzene rings is 3. The second-order valence-corrected chi connectivity index (χ2v) is 7.92. The molecule has 0 amide bonds. The molecular weight excluding hydrogens is 415 g/mol. The van der Waals surface area contributed by atoms with Crippen LogP contribution >= 0.6 is 0 Å². The topological polar surface area (TPSA) is 46.5 Å². The molecule has 0 aliphatic heterocycles. The lowest BCUT2D eigenvalue weighted by Gasteiger charge is -2.09. The summed E-state index contributed by atoms with van der Waals surface area (Å²) in [6, 6.07) is 21.3. The molecule has 0 unspecified atom stereocenters. The Bertz CT molecular complexity index is 1100. The zero-order valence-electron chi connectivity index (χ0n) is 18.7. The number of ether oxygens (including phenoxy) is 1. The van der Waals surface area contributed by atoms with E-state index in [4.69, 9.17) is 9.84 Å². The van der Waals surface area contributed by atoms with E-state index in [1.54, 1.807) is 6.07 Å². The summed E-state index contributed by atoms with van der Waals surface area (Å²) in [5, 5.41) is 8.86. The van der Waals surface area contributed by atoms with Gasteiger partial charge in [0.2, 0.25) is 0 Å². The van der Waals surface area contributed by atoms with Gasteiger partial charge in [-0.1, -0.05) is 73.3 Å². The van der Waals surface area contributed by atoms with Gasteiger partial charge in [0, 0.05) is 5.56 Å². The number of carbonyl (C=O) groups excluding carboxylic acids is 1. The van der Waals surface area contributed by atoms with Crippen molar-refractivity contribution < 1.29 is 19.0 Å². The van der Waals surface area contributed by atoms with Crippen LogP contribution in [0.1, 0.15) is 24.0 Å². The monoisotopic (exact) mass is 444 g/mol. The maximum absolute atomic E-state index is 14.9. The Morgan fingerprint density at radius 3 is 2.12 bits per heavy atom. The Morgan fingerprint density at radius 2 is 1.52 bits per heavy atom. The first-order valence-corrected chi connectivity index (χ1v) is 11.1. The summed E-state index contributed by atoms with van der Waals surface area (Å²) in [6.07, 6.45) is 5.18. The summed E-state index contributed by atoms with van der Waals surface area (Å²) in [5.74, 6) is -0.831. The minimum atomic E-state index is -0.574. The maximum Gasteiger partial charge on any atom is 0.335 e. The zero-order valence-corrected chi connectivity index (χ0v) is 18.7. The van der Waals surface area contributed by atoms with Crippen LogP contribution in [0.3, 0.4) is 0 Å². The van der Waals surface area contributed by atoms with E-state index in [0.717, 1.165) is 41.5 Å². The highest BCUT2D eigenvalue weighted by Gasteiger charge is 2.09. The van der Waals surface area contributed by atoms with Gasteiger partial charge in [0.25, 0.3) is 0 Å². The van der Waals surface area contributed by atoms with E-state index in [0.29, 0.717) is 12.0 Å². The highest BCUT2D eigenvalue weighted by Crippen LogP contribution is 2.28. The van der Waals surface area contributed by atoms with E-state index in [-0.39, 0.29) is 18.0 Å². The van der Waals surface area contributed by atoms with Crippen LogP contribution in [-0.2, 0) is 22.4 Å². The van der Waals surface area contributed by atoms with Gasteiger partial charge >= 0.3 is 5.97 Å². The number of hydrogen-bond acceptors (Lipinski definition) is 3. The predicted octanol–water partition coefficient (Wildman–Crippen LogP) is 6.30. The van der Waals surface area contributed by atoms with Crippen molar-refractivity contribution in [1.82, 2.24) is 0 Å². The highest BCUT2D eigenvalue weighted by atomic mass is 19.1. The van der Waals surface area contributed by atoms with Gasteiger partial charge in [-0.05, 0) is 59.6 Å². The molecule has 0 aliphatic rings. The molecule has 0 saturated heterocycles. The standard InChI is InChI=1S/C29H29FO3/c1-3-4-6-22-8-12-24(13-9-22)26-16-17-27(28(30)19-26)25-14-10-23(11-15-25)7-5-18-33-29(32)21(2)20-31/h3,8-17,19,31H,1-2,4-7,18,20H2. The van der Waals surface area contributed by atoms with Gasteiger partial charge in [-0.3, -0.25) is 0 Å². The van der Waals surface area contributed by atoms with E-state index in [1.165, 1.54) is 5.56 Å². The SMILES string of the molecule is C=CCCc1ccc(-c2ccc(-c3ccc(CCCOC(=O)C(=C)CO)cc3)c(F)c2)cc1. The van der Waals surface area contributed by atoms with Crippen molar-refractivity contribution in [3.63, 3.8) is 0 Å². The number of aliphatic hydroxyl groups excluding tert-OH is 1. The second-order valence-electron chi connectivity index (χ2n) is 7.92. The molecular formula is C29H29FO3. The molecule has 3 nitrogen and oxygen atoms in total. The number of hydrogen-bond donors (Lipinski definition) is 1. The Balaban J connectivity index is 1.60. The lowest BCUT2D eigenvalue weighted by atomic mass is 9.97. The fourth-order valence-electron chi connectivity index (χ4n) is 3.52. The van der Waals surface area contributed by atoms with Crippen LogP contribution in [0.5, 0.6) is 0 Å². The Labute approximate surface area is 194 Å². The summed E-state index contributed by atoms with van der Waals surface area (Å²) in [6.45, 7) is 7.04. The Morgan fingerprint density at radius 1 is 0.909 bits per heavy atom. The van der Waals surface area contributed by atoms with Crippen molar-refractivity contribution >= 4 is 5.97 Å². The quantitative estimate of drug-likeness (QED) is 0.163. The first kappa shape index (κ1) is 24.1. The number of aliphatic hydroxyl groups is 1. The number of rotatable bonds is 11. The van der Waals surface area contributed by atoms with Crippen molar-refractivity contribution in [1.29, 1.82) is 0 Å². The first-order chi connectivity index (χ1) is 16.0. The molecule has 0 atom stereocenters. The minimum Gasteiger partial charge on any atom is -0.462 e. The van der Waals surface area contributed by atoms with Crippen LogP contribution in [0.4, 0.5) is 4.39 Å². The third-order valence-electron chi connectivity index (χ3n) is 5.48. The largest absolute Gasteiger partial charge is 0.462 e. The van der Waals surface area contributed by atoms with E-state index in [1.807, 2.05) is 54.6 Å². The van der Waals surface area contributed by atoms with Crippen molar-refractivity contribution in [2.24, 2.45) is 0 Å². The molecule has 0 bridgehead atoms. The molecule has 4 heteroatoms. The first-order valence-electron chi connectivity index (χ1n) is 11.1. The summed E-state index contributed by atoms with van der Waals surface area (Å²) in [4.78, 5) is 11.5. The summed E-state index contributed by atoms with van der Waals surface area (Å²) < 4.78 is 19.9. The van der Waals surface area contributed by atoms with Gasteiger partial charge in [0.15, 0.2) is 0 Å². The smallest absolute Gasteiger partial charge is 0.335 e. The zero-order chi connectivity index (χ0) is 23.6. The second kappa shape index (κ2) is 11.9. The van der Waals surface area contributed by atoms with Crippen LogP contribution in [0.2, 0.25) is 0 Å². The fraction of sp³-hybridized carbons (Fsp3) is 0.207. The normalized spacial score (nSPS) is 10.6. The number of carbonyl (C=O) groups is 1. The third-order valence-corrected chi connectivity index (χ3v) is 5.48. The van der Waals surface area contributed by atoms with Crippen molar-refractivity contribution in [2.75, 3.05) is 13.2 Å². The van der Waals surface area contributed by atoms with Gasteiger partial charge in [-0.2, -0.15) is 0 Å². The molecule has 0 aliphatic carbocycles. The molecule has 1 N–H and O–H groups in total. The van der Waals surface area contributed by atoms with E-state index >= 15 is 0 Å². The third kappa shape index (κ3) is 6.74. The number of esters is 1. The number of allylic oxidation sites excluding steroid dienone is 1. The molecule has 3 aromatic rings. The van der Waals surface area contributed by atoms with E-state index in [9.17, 15) is 9.18 Å². The summed E-state index contributed by atoms with van der Waals surface area (Å²) >= 11 is 0. The average molecular weight is 445 g/mol. The molecule has 0 spiro atoms. The van der Waals surface area contributed by atoms with Crippen LogP contribution in [-0.4, -0.2) is 24.3 Å². The molecule has 0 heterocycles. The van der Waals surface area contributed by atoms with Crippen LogP contribution in [0.25, 0.3) is 22.3 Å². The molecule has 33 heavy (non-hydrogen) atoms. The van der Waals surface area contributed by atoms with Crippen LogP contribution in [0, 0.1) is 5.82 Å². The molecule has 0 fully saturated rings. The molecule has 3 aromatic carbocycles. The summed E-state index contributed by atoms with van der Waals surface area (Å²) in [7, 11) is 0. The van der Waals surface area contributed by atoms with Gasteiger partial charge in [0.05, 0.1) is 18.8 Å². The molecule has 3 rings (SSSR count). The predicted molar refractivity (Wildman–Crippen MR) is 131 cm³/mol. The average Bonchev–Trinajstić information content (AvgIpc) is 2.85. The lowest BCUT2D eigenvalue weighted by molar-refractivity contribution is -0.139. The van der Waals surface area contributed by atoms with E-state index in [2.05, 4.69) is 25.3 Å². The fourth-order valence-corrected chi connectivity index (χ4v) is 3.52. The minimum absolute atomic E-state index is 0.0490. The summed E-state index contributed by atoms with van der Waals surface area (Å²) in [5.41, 5.74) is 5.57. The Kier molecular flexibility index (Phi) is 8.73. The van der Waals surface area contributed by atoms with Crippen molar-refractivity contribution in [3.8, 4) is 22.3 Å². The van der Waals surface area contributed by atoms with Crippen LogP contribution in [0.15, 0.2) is 91.5 Å². The Hall–Kier alpha value is -3.50. The molecule has 0 saturated carbocycles. The van der Waals surface area contributed by atoms with Crippen molar-refractivity contribution in [3.05, 3.63) is 108 Å². The number of halogens is 1.